The number of ether oxygens (including phenoxy) is 1. The van der Waals surface area contributed by atoms with E-state index in [1.807, 2.05) is 12.3 Å². The van der Waals surface area contributed by atoms with Crippen molar-refractivity contribution < 1.29 is 4.74 Å². The molecule has 0 unspecified atom stereocenters. The monoisotopic (exact) mass is 294 g/mol. The number of rotatable bonds is 5. The highest BCUT2D eigenvalue weighted by Gasteiger charge is 2.09. The summed E-state index contributed by atoms with van der Waals surface area (Å²) >= 11 is 0. The van der Waals surface area contributed by atoms with Gasteiger partial charge in [-0.3, -0.25) is 0 Å². The van der Waals surface area contributed by atoms with Crippen LogP contribution in [0.15, 0.2) is 36.5 Å². The molecule has 0 atom stereocenters. The summed E-state index contributed by atoms with van der Waals surface area (Å²) in [5, 5.41) is 1.13. The topological polar surface area (TPSA) is 37.9 Å². The Kier molecular flexibility index (Phi) is 4.14. The third kappa shape index (κ3) is 2.71. The number of fused-ring (bicyclic) bond motifs is 1. The Morgan fingerprint density at radius 2 is 2.05 bits per heavy atom. The van der Waals surface area contributed by atoms with Crippen LogP contribution in [0.4, 0.5) is 0 Å². The first-order valence-corrected chi connectivity index (χ1v) is 7.85. The summed E-state index contributed by atoms with van der Waals surface area (Å²) in [6.45, 7) is 4.42. The molecule has 0 aliphatic heterocycles. The highest BCUT2D eigenvalue weighted by atomic mass is 16.5. The highest BCUT2D eigenvalue weighted by molar-refractivity contribution is 5.94. The van der Waals surface area contributed by atoms with Gasteiger partial charge in [0.1, 0.15) is 5.65 Å². The number of nitrogens with zero attached hydrogens (tertiary/aromatic N) is 1. The summed E-state index contributed by atoms with van der Waals surface area (Å²) < 4.78 is 5.19. The maximum absolute atomic E-state index is 5.19. The molecule has 3 rings (SSSR count). The Morgan fingerprint density at radius 1 is 1.18 bits per heavy atom. The Bertz CT molecular complexity index is 789. The van der Waals surface area contributed by atoms with E-state index in [-0.39, 0.29) is 0 Å². The van der Waals surface area contributed by atoms with Crippen LogP contribution in [0.5, 0.6) is 5.88 Å². The second-order valence-corrected chi connectivity index (χ2v) is 5.70. The molecule has 2 aromatic heterocycles. The molecule has 0 fully saturated rings. The van der Waals surface area contributed by atoms with E-state index in [9.17, 15) is 0 Å². The summed E-state index contributed by atoms with van der Waals surface area (Å²) in [5.41, 5.74) is 6.12. The second kappa shape index (κ2) is 6.22. The average Bonchev–Trinajstić information content (AvgIpc) is 2.97. The van der Waals surface area contributed by atoms with Gasteiger partial charge in [0.15, 0.2) is 0 Å². The number of aromatic nitrogens is 2. The van der Waals surface area contributed by atoms with Gasteiger partial charge in [0, 0.05) is 23.2 Å². The van der Waals surface area contributed by atoms with Crippen LogP contribution in [0.2, 0.25) is 0 Å². The molecule has 114 valence electrons. The van der Waals surface area contributed by atoms with Crippen molar-refractivity contribution in [3.63, 3.8) is 0 Å². The van der Waals surface area contributed by atoms with Crippen LogP contribution in [0, 0.1) is 6.92 Å². The SMILES string of the molecule is CCCCc1cc(-c2c[nH]c3nc(OC)ccc23)ccc1C. The van der Waals surface area contributed by atoms with Gasteiger partial charge in [0.05, 0.1) is 7.11 Å². The molecule has 0 aliphatic rings. The van der Waals surface area contributed by atoms with Gasteiger partial charge < -0.3 is 9.72 Å². The molecular weight excluding hydrogens is 272 g/mol. The van der Waals surface area contributed by atoms with Gasteiger partial charge in [-0.25, -0.2) is 0 Å². The Balaban J connectivity index is 2.03. The lowest BCUT2D eigenvalue weighted by atomic mass is 9.97. The third-order valence-electron chi connectivity index (χ3n) is 4.18. The summed E-state index contributed by atoms with van der Waals surface area (Å²) in [5.74, 6) is 0.633. The van der Waals surface area contributed by atoms with E-state index in [1.54, 1.807) is 7.11 Å². The number of benzene rings is 1. The van der Waals surface area contributed by atoms with Crippen molar-refractivity contribution in [2.24, 2.45) is 0 Å². The molecule has 1 N–H and O–H groups in total. The fraction of sp³-hybridized carbons (Fsp3) is 0.316. The molecule has 0 saturated carbocycles. The first kappa shape index (κ1) is 14.6. The van der Waals surface area contributed by atoms with Gasteiger partial charge in [-0.1, -0.05) is 31.5 Å². The largest absolute Gasteiger partial charge is 0.481 e. The van der Waals surface area contributed by atoms with Crippen molar-refractivity contribution in [2.45, 2.75) is 33.1 Å². The standard InChI is InChI=1S/C19H22N2O/c1-4-5-6-14-11-15(8-7-13(14)2)17-12-20-19-16(17)9-10-18(21-19)22-3/h7-12H,4-6H2,1-3H3,(H,20,21). The Morgan fingerprint density at radius 3 is 2.82 bits per heavy atom. The minimum absolute atomic E-state index is 0.633. The molecule has 0 aliphatic carbocycles. The van der Waals surface area contributed by atoms with Crippen molar-refractivity contribution >= 4 is 11.0 Å². The van der Waals surface area contributed by atoms with Crippen LogP contribution in [0.1, 0.15) is 30.9 Å². The Labute approximate surface area is 131 Å². The minimum Gasteiger partial charge on any atom is -0.481 e. The number of nitrogens with one attached hydrogen (secondary N) is 1. The lowest BCUT2D eigenvalue weighted by Crippen LogP contribution is -1.91. The number of H-pyrrole nitrogens is 1. The molecule has 3 aromatic rings. The number of hydrogen-bond acceptors (Lipinski definition) is 2. The normalized spacial score (nSPS) is 11.0. The molecular formula is C19H22N2O. The van der Waals surface area contributed by atoms with Crippen molar-refractivity contribution in [3.8, 4) is 17.0 Å². The van der Waals surface area contributed by atoms with E-state index >= 15 is 0 Å². The van der Waals surface area contributed by atoms with E-state index in [0.717, 1.165) is 17.5 Å². The van der Waals surface area contributed by atoms with Crippen LogP contribution >= 0.6 is 0 Å². The van der Waals surface area contributed by atoms with E-state index in [1.165, 1.54) is 35.1 Å². The molecule has 2 heterocycles. The predicted molar refractivity (Wildman–Crippen MR) is 91.4 cm³/mol. The van der Waals surface area contributed by atoms with E-state index in [0.29, 0.717) is 5.88 Å². The molecule has 22 heavy (non-hydrogen) atoms. The van der Waals surface area contributed by atoms with Gasteiger partial charge in [0.2, 0.25) is 5.88 Å². The maximum atomic E-state index is 5.19. The summed E-state index contributed by atoms with van der Waals surface area (Å²) in [6.07, 6.45) is 5.63. The van der Waals surface area contributed by atoms with Crippen LogP contribution < -0.4 is 4.74 Å². The van der Waals surface area contributed by atoms with Crippen LogP contribution in [0.25, 0.3) is 22.2 Å². The van der Waals surface area contributed by atoms with E-state index in [2.05, 4.69) is 48.1 Å². The molecule has 0 radical (unpaired) electrons. The van der Waals surface area contributed by atoms with E-state index < -0.39 is 0 Å². The number of aromatic amines is 1. The first-order chi connectivity index (χ1) is 10.7. The van der Waals surface area contributed by atoms with Gasteiger partial charge in [-0.2, -0.15) is 4.98 Å². The van der Waals surface area contributed by atoms with Crippen molar-refractivity contribution in [1.82, 2.24) is 9.97 Å². The summed E-state index contributed by atoms with van der Waals surface area (Å²) in [4.78, 5) is 7.70. The predicted octanol–water partition coefficient (Wildman–Crippen LogP) is 4.89. The minimum atomic E-state index is 0.633. The number of aryl methyl sites for hydroxylation is 2. The third-order valence-corrected chi connectivity index (χ3v) is 4.18. The molecule has 0 spiro atoms. The zero-order valence-electron chi connectivity index (χ0n) is 13.4. The number of hydrogen-bond donors (Lipinski definition) is 1. The first-order valence-electron chi connectivity index (χ1n) is 7.85. The second-order valence-electron chi connectivity index (χ2n) is 5.70. The quantitative estimate of drug-likeness (QED) is 0.727. The zero-order chi connectivity index (χ0) is 15.5. The number of unbranched alkanes of at least 4 members (excludes halogenated alkanes) is 1. The van der Waals surface area contributed by atoms with Crippen molar-refractivity contribution in [2.75, 3.05) is 7.11 Å². The maximum Gasteiger partial charge on any atom is 0.214 e. The smallest absolute Gasteiger partial charge is 0.214 e. The van der Waals surface area contributed by atoms with Crippen LogP contribution in [-0.4, -0.2) is 17.1 Å². The number of pyridine rings is 1. The zero-order valence-corrected chi connectivity index (χ0v) is 13.4. The van der Waals surface area contributed by atoms with Gasteiger partial charge >= 0.3 is 0 Å². The van der Waals surface area contributed by atoms with Gasteiger partial charge in [-0.15, -0.1) is 0 Å². The fourth-order valence-corrected chi connectivity index (χ4v) is 2.81. The fourth-order valence-electron chi connectivity index (χ4n) is 2.81. The highest BCUT2D eigenvalue weighted by Crippen LogP contribution is 2.30. The summed E-state index contributed by atoms with van der Waals surface area (Å²) in [7, 11) is 1.64. The van der Waals surface area contributed by atoms with Gasteiger partial charge in [0.25, 0.3) is 0 Å². The molecule has 0 amide bonds. The van der Waals surface area contributed by atoms with E-state index in [4.69, 9.17) is 4.74 Å². The molecule has 0 saturated heterocycles. The lowest BCUT2D eigenvalue weighted by molar-refractivity contribution is 0.399. The average molecular weight is 294 g/mol. The van der Waals surface area contributed by atoms with Crippen molar-refractivity contribution in [1.29, 1.82) is 0 Å². The summed E-state index contributed by atoms with van der Waals surface area (Å²) in [6, 6.07) is 10.7. The molecule has 3 heteroatoms. The molecule has 0 bridgehead atoms. The van der Waals surface area contributed by atoms with Crippen molar-refractivity contribution in [3.05, 3.63) is 47.7 Å². The van der Waals surface area contributed by atoms with Crippen LogP contribution in [0.3, 0.4) is 0 Å². The Hall–Kier alpha value is -2.29. The van der Waals surface area contributed by atoms with Gasteiger partial charge in [-0.05, 0) is 42.5 Å². The molecule has 3 nitrogen and oxygen atoms in total. The van der Waals surface area contributed by atoms with Crippen LogP contribution in [-0.2, 0) is 6.42 Å². The molecule has 1 aromatic carbocycles. The lowest BCUT2D eigenvalue weighted by Gasteiger charge is -2.08. The number of methoxy groups -OCH3 is 1.